The van der Waals surface area contributed by atoms with Crippen LogP contribution in [-0.2, 0) is 12.5 Å². The lowest BCUT2D eigenvalue weighted by atomic mass is 10.1. The van der Waals surface area contributed by atoms with Crippen molar-refractivity contribution in [2.24, 2.45) is 17.6 Å². The summed E-state index contributed by atoms with van der Waals surface area (Å²) in [6, 6.07) is 2.53. The van der Waals surface area contributed by atoms with Crippen molar-refractivity contribution in [1.82, 2.24) is 14.8 Å². The first-order chi connectivity index (χ1) is 13.8. The van der Waals surface area contributed by atoms with Crippen LogP contribution in [0.15, 0.2) is 18.3 Å². The normalized spacial score (nSPS) is 18.9. The van der Waals surface area contributed by atoms with Gasteiger partial charge in [-0.1, -0.05) is 0 Å². The fourth-order valence-corrected chi connectivity index (χ4v) is 3.29. The molecule has 1 fully saturated rings. The summed E-state index contributed by atoms with van der Waals surface area (Å²) < 4.78 is 67.3. The van der Waals surface area contributed by atoms with Crippen molar-refractivity contribution in [2.45, 2.75) is 38.9 Å². The quantitative estimate of drug-likeness (QED) is 0.686. The number of nitrogens with two attached hydrogens (primary N) is 1. The molecule has 30 heavy (non-hydrogen) atoms. The van der Waals surface area contributed by atoms with Crippen LogP contribution in [0.3, 0.4) is 0 Å². The highest BCUT2D eigenvalue weighted by molar-refractivity contribution is 6.04. The molecule has 1 unspecified atom stereocenters. The number of nitrogens with zero attached hydrogens (tertiary/aromatic N) is 3. The molecule has 0 spiro atoms. The van der Waals surface area contributed by atoms with E-state index in [1.165, 1.54) is 25.3 Å². The van der Waals surface area contributed by atoms with E-state index in [0.717, 1.165) is 4.68 Å². The standard InChI is InChI=1S/C18H18F5N5O2/c1-8-13(16(30)26-10-3-4-25-12(6-10)15(24)29)28(27-14(8)17(2,19)20)7-9-5-11(9)18(21,22)23/h3-4,6,9,11H,5,7H2,1-2H3,(H2,24,29)(H,25,26,30)/t9?,11-/m1/s1. The minimum absolute atomic E-state index is 0.111. The summed E-state index contributed by atoms with van der Waals surface area (Å²) in [6.45, 7) is 1.51. The van der Waals surface area contributed by atoms with Gasteiger partial charge >= 0.3 is 6.18 Å². The number of carbonyl (C=O) groups is 2. The first kappa shape index (κ1) is 21.7. The number of aromatic nitrogens is 3. The third kappa shape index (κ3) is 4.41. The third-order valence-electron chi connectivity index (χ3n) is 4.84. The van der Waals surface area contributed by atoms with Crippen LogP contribution >= 0.6 is 0 Å². The van der Waals surface area contributed by atoms with Crippen molar-refractivity contribution < 1.29 is 31.5 Å². The first-order valence-electron chi connectivity index (χ1n) is 8.88. The Balaban J connectivity index is 1.92. The van der Waals surface area contributed by atoms with Crippen LogP contribution in [0.5, 0.6) is 0 Å². The van der Waals surface area contributed by atoms with Crippen LogP contribution < -0.4 is 11.1 Å². The SMILES string of the molecule is Cc1c(C(C)(F)F)nn(CC2C[C@H]2C(F)(F)F)c1C(=O)Nc1ccnc(C(N)=O)c1. The topological polar surface area (TPSA) is 103 Å². The van der Waals surface area contributed by atoms with E-state index in [0.29, 0.717) is 6.92 Å². The minimum Gasteiger partial charge on any atom is -0.364 e. The molecule has 2 atom stereocenters. The van der Waals surface area contributed by atoms with Crippen molar-refractivity contribution in [2.75, 3.05) is 5.32 Å². The smallest absolute Gasteiger partial charge is 0.364 e. The zero-order valence-corrected chi connectivity index (χ0v) is 15.9. The molecule has 3 rings (SSSR count). The van der Waals surface area contributed by atoms with E-state index in [1.54, 1.807) is 0 Å². The molecule has 0 aromatic carbocycles. The molecule has 162 valence electrons. The zero-order chi connectivity index (χ0) is 22.4. The van der Waals surface area contributed by atoms with Gasteiger partial charge in [0.1, 0.15) is 17.1 Å². The number of halogens is 5. The summed E-state index contributed by atoms with van der Waals surface area (Å²) in [5, 5.41) is 6.16. The van der Waals surface area contributed by atoms with Crippen LogP contribution in [-0.4, -0.2) is 32.8 Å². The van der Waals surface area contributed by atoms with Gasteiger partial charge in [-0.3, -0.25) is 19.3 Å². The summed E-state index contributed by atoms with van der Waals surface area (Å²) >= 11 is 0. The van der Waals surface area contributed by atoms with Gasteiger partial charge in [-0.25, -0.2) is 0 Å². The summed E-state index contributed by atoms with van der Waals surface area (Å²) in [4.78, 5) is 27.7. The lowest BCUT2D eigenvalue weighted by Gasteiger charge is -2.10. The van der Waals surface area contributed by atoms with Crippen LogP contribution in [0.25, 0.3) is 0 Å². The summed E-state index contributed by atoms with van der Waals surface area (Å²) in [5.74, 6) is -7.50. The molecular formula is C18H18F5N5O2. The predicted molar refractivity (Wildman–Crippen MR) is 94.9 cm³/mol. The van der Waals surface area contributed by atoms with Gasteiger partial charge in [0.15, 0.2) is 0 Å². The number of nitrogens with one attached hydrogen (secondary N) is 1. The second kappa shape index (κ2) is 7.33. The molecule has 2 amide bonds. The van der Waals surface area contributed by atoms with E-state index in [-0.39, 0.29) is 35.6 Å². The van der Waals surface area contributed by atoms with E-state index in [2.05, 4.69) is 15.4 Å². The van der Waals surface area contributed by atoms with E-state index in [4.69, 9.17) is 5.73 Å². The summed E-state index contributed by atoms with van der Waals surface area (Å²) in [5.41, 5.74) is 3.99. The fourth-order valence-electron chi connectivity index (χ4n) is 3.29. The highest BCUT2D eigenvalue weighted by atomic mass is 19.4. The Labute approximate surface area is 167 Å². The molecule has 2 aromatic heterocycles. The van der Waals surface area contributed by atoms with Crippen molar-refractivity contribution in [3.05, 3.63) is 41.0 Å². The molecule has 0 radical (unpaired) electrons. The number of anilines is 1. The number of carbonyl (C=O) groups excluding carboxylic acids is 2. The molecule has 0 bridgehead atoms. The van der Waals surface area contributed by atoms with E-state index in [1.807, 2.05) is 0 Å². The molecule has 1 aliphatic rings. The lowest BCUT2D eigenvalue weighted by Crippen LogP contribution is -2.21. The molecule has 1 saturated carbocycles. The Kier molecular flexibility index (Phi) is 5.29. The largest absolute Gasteiger partial charge is 0.392 e. The number of hydrogen-bond donors (Lipinski definition) is 2. The maximum Gasteiger partial charge on any atom is 0.392 e. The monoisotopic (exact) mass is 431 g/mol. The van der Waals surface area contributed by atoms with E-state index in [9.17, 15) is 31.5 Å². The number of rotatable bonds is 6. The molecule has 7 nitrogen and oxygen atoms in total. The molecule has 0 saturated heterocycles. The Hall–Kier alpha value is -3.05. The minimum atomic E-state index is -4.39. The van der Waals surface area contributed by atoms with Crippen LogP contribution in [0.4, 0.5) is 27.6 Å². The van der Waals surface area contributed by atoms with Crippen molar-refractivity contribution in [1.29, 1.82) is 0 Å². The lowest BCUT2D eigenvalue weighted by molar-refractivity contribution is -0.151. The second-order valence-electron chi connectivity index (χ2n) is 7.28. The summed E-state index contributed by atoms with van der Waals surface area (Å²) in [6.07, 6.45) is -3.34. The molecular weight excluding hydrogens is 413 g/mol. The van der Waals surface area contributed by atoms with Crippen molar-refractivity contribution >= 4 is 17.5 Å². The summed E-state index contributed by atoms with van der Waals surface area (Å²) in [7, 11) is 0. The van der Waals surface area contributed by atoms with Crippen LogP contribution in [0.2, 0.25) is 0 Å². The van der Waals surface area contributed by atoms with E-state index >= 15 is 0 Å². The fraction of sp³-hybridized carbons (Fsp3) is 0.444. The van der Waals surface area contributed by atoms with Gasteiger partial charge in [0, 0.05) is 30.9 Å². The Morgan fingerprint density at radius 1 is 1.30 bits per heavy atom. The van der Waals surface area contributed by atoms with Crippen molar-refractivity contribution in [3.63, 3.8) is 0 Å². The van der Waals surface area contributed by atoms with Gasteiger partial charge in [0.2, 0.25) is 0 Å². The average molecular weight is 431 g/mol. The number of hydrogen-bond acceptors (Lipinski definition) is 4. The molecule has 2 heterocycles. The number of pyridine rings is 1. The van der Waals surface area contributed by atoms with Gasteiger partial charge in [-0.15, -0.1) is 0 Å². The molecule has 12 heteroatoms. The molecule has 2 aromatic rings. The van der Waals surface area contributed by atoms with Gasteiger partial charge in [-0.05, 0) is 31.4 Å². The average Bonchev–Trinajstić information content (AvgIpc) is 3.30. The number of alkyl halides is 5. The van der Waals surface area contributed by atoms with Crippen LogP contribution in [0.1, 0.15) is 45.6 Å². The molecule has 3 N–H and O–H groups in total. The molecule has 0 aliphatic heterocycles. The van der Waals surface area contributed by atoms with Gasteiger partial charge < -0.3 is 11.1 Å². The highest BCUT2D eigenvalue weighted by Crippen LogP contribution is 2.51. The van der Waals surface area contributed by atoms with E-state index < -0.39 is 41.4 Å². The maximum atomic E-state index is 13.9. The maximum absolute atomic E-state index is 13.9. The first-order valence-corrected chi connectivity index (χ1v) is 8.88. The second-order valence-corrected chi connectivity index (χ2v) is 7.28. The van der Waals surface area contributed by atoms with Gasteiger partial charge in [-0.2, -0.15) is 27.1 Å². The zero-order valence-electron chi connectivity index (χ0n) is 15.9. The third-order valence-corrected chi connectivity index (χ3v) is 4.84. The number of primary amides is 1. The van der Waals surface area contributed by atoms with Gasteiger partial charge in [0.25, 0.3) is 17.7 Å². The van der Waals surface area contributed by atoms with Crippen molar-refractivity contribution in [3.8, 4) is 0 Å². The molecule has 1 aliphatic carbocycles. The Morgan fingerprint density at radius 3 is 2.50 bits per heavy atom. The Bertz CT molecular complexity index is 996. The number of amides is 2. The Morgan fingerprint density at radius 2 is 1.97 bits per heavy atom. The van der Waals surface area contributed by atoms with Gasteiger partial charge in [0.05, 0.1) is 5.92 Å². The van der Waals surface area contributed by atoms with Crippen LogP contribution in [0, 0.1) is 18.8 Å². The highest BCUT2D eigenvalue weighted by Gasteiger charge is 2.56. The predicted octanol–water partition coefficient (Wildman–Crippen LogP) is 3.25.